The van der Waals surface area contributed by atoms with E-state index in [1.54, 1.807) is 91.0 Å². The van der Waals surface area contributed by atoms with Crippen LogP contribution in [0.25, 0.3) is 0 Å². The highest BCUT2D eigenvalue weighted by Crippen LogP contribution is 2.26. The Morgan fingerprint density at radius 3 is 1.84 bits per heavy atom. The summed E-state index contributed by atoms with van der Waals surface area (Å²) >= 11 is 0. The molecule has 192 valence electrons. The first kappa shape index (κ1) is 26.0. The van der Waals surface area contributed by atoms with Crippen LogP contribution in [0, 0.1) is 0 Å². The summed E-state index contributed by atoms with van der Waals surface area (Å²) < 4.78 is 17.2. The van der Waals surface area contributed by atoms with E-state index in [9.17, 15) is 19.5 Å². The lowest BCUT2D eigenvalue weighted by atomic mass is 9.95. The predicted octanol–water partition coefficient (Wildman–Crippen LogP) is 2.17. The molecule has 0 aromatic heterocycles. The van der Waals surface area contributed by atoms with Crippen LogP contribution in [0.15, 0.2) is 91.0 Å². The fraction of sp³-hybridized carbons (Fsp3) is 0.250. The molecule has 2 amide bonds. The second-order valence-corrected chi connectivity index (χ2v) is 8.44. The quantitative estimate of drug-likeness (QED) is 0.402. The Morgan fingerprint density at radius 1 is 0.784 bits per heavy atom. The normalized spacial score (nSPS) is 23.0. The third kappa shape index (κ3) is 6.39. The topological polar surface area (TPSA) is 123 Å². The molecule has 0 bridgehead atoms. The first-order chi connectivity index (χ1) is 18.0. The number of hydrogen-bond donors (Lipinski definition) is 3. The number of ether oxygens (including phenoxy) is 3. The molecule has 3 aromatic rings. The molecule has 9 heteroatoms. The SMILES string of the molecule is CO[C@H]1[C@@H](NC(=O)c2ccccc2)[C@H](O)O[C@H](CNC(=O)c2ccccc2)[C@@H]1OC(=O)c1ccccc1. The molecule has 9 nitrogen and oxygen atoms in total. The lowest BCUT2D eigenvalue weighted by molar-refractivity contribution is -0.248. The minimum absolute atomic E-state index is 0.0866. The Bertz CT molecular complexity index is 1190. The number of nitrogens with one attached hydrogen (secondary N) is 2. The standard InChI is InChI=1S/C28H28N2O7/c1-35-24-22(30-26(32)19-13-7-3-8-14-19)28(34)36-21(17-29-25(31)18-11-5-2-6-12-18)23(24)37-27(33)20-15-9-4-10-16-20/h2-16,21-24,28,34H,17H2,1H3,(H,29,31)(H,30,32)/t21-,22-,23+,24+,28-/m1/s1. The zero-order valence-corrected chi connectivity index (χ0v) is 20.2. The van der Waals surface area contributed by atoms with Crippen LogP contribution in [0.3, 0.4) is 0 Å². The van der Waals surface area contributed by atoms with Crippen molar-refractivity contribution in [2.75, 3.05) is 13.7 Å². The van der Waals surface area contributed by atoms with Crippen LogP contribution >= 0.6 is 0 Å². The van der Waals surface area contributed by atoms with Crippen LogP contribution in [0.5, 0.6) is 0 Å². The van der Waals surface area contributed by atoms with Crippen molar-refractivity contribution in [1.29, 1.82) is 0 Å². The third-order valence-corrected chi connectivity index (χ3v) is 6.02. The largest absolute Gasteiger partial charge is 0.453 e. The molecular weight excluding hydrogens is 476 g/mol. The minimum Gasteiger partial charge on any atom is -0.453 e. The fourth-order valence-electron chi connectivity index (χ4n) is 4.14. The highest BCUT2D eigenvalue weighted by atomic mass is 16.6. The summed E-state index contributed by atoms with van der Waals surface area (Å²) in [5.41, 5.74) is 1.12. The highest BCUT2D eigenvalue weighted by molar-refractivity contribution is 5.95. The number of carbonyl (C=O) groups is 3. The first-order valence-corrected chi connectivity index (χ1v) is 11.8. The lowest BCUT2D eigenvalue weighted by Gasteiger charge is -2.44. The average Bonchev–Trinajstić information content (AvgIpc) is 2.95. The van der Waals surface area contributed by atoms with Crippen molar-refractivity contribution in [1.82, 2.24) is 10.6 Å². The molecule has 37 heavy (non-hydrogen) atoms. The molecule has 0 unspecified atom stereocenters. The minimum atomic E-state index is -1.50. The van der Waals surface area contributed by atoms with Gasteiger partial charge in [0.25, 0.3) is 11.8 Å². The Morgan fingerprint density at radius 2 is 1.30 bits per heavy atom. The van der Waals surface area contributed by atoms with Crippen molar-refractivity contribution < 1.29 is 33.7 Å². The number of methoxy groups -OCH3 is 1. The van der Waals surface area contributed by atoms with Crippen molar-refractivity contribution in [2.45, 2.75) is 30.6 Å². The van der Waals surface area contributed by atoms with E-state index in [2.05, 4.69) is 10.6 Å². The smallest absolute Gasteiger partial charge is 0.338 e. The summed E-state index contributed by atoms with van der Waals surface area (Å²) in [6, 6.07) is 24.4. The maximum absolute atomic E-state index is 12.9. The van der Waals surface area contributed by atoms with E-state index in [-0.39, 0.29) is 12.5 Å². The van der Waals surface area contributed by atoms with Gasteiger partial charge in [-0.2, -0.15) is 0 Å². The van der Waals surface area contributed by atoms with Gasteiger partial charge >= 0.3 is 5.97 Å². The Kier molecular flexibility index (Phi) is 8.63. The number of carbonyl (C=O) groups excluding carboxylic acids is 3. The van der Waals surface area contributed by atoms with Gasteiger partial charge in [-0.25, -0.2) is 4.79 Å². The van der Waals surface area contributed by atoms with Crippen LogP contribution in [0.4, 0.5) is 0 Å². The maximum atomic E-state index is 12.9. The van der Waals surface area contributed by atoms with Crippen LogP contribution in [-0.4, -0.2) is 67.2 Å². The van der Waals surface area contributed by atoms with Crippen LogP contribution < -0.4 is 10.6 Å². The summed E-state index contributed by atoms with van der Waals surface area (Å²) in [7, 11) is 1.38. The Balaban J connectivity index is 1.55. The van der Waals surface area contributed by atoms with Crippen molar-refractivity contribution in [3.63, 3.8) is 0 Å². The molecule has 4 rings (SSSR count). The Hall–Kier alpha value is -4.05. The highest BCUT2D eigenvalue weighted by Gasteiger charge is 2.48. The molecule has 1 fully saturated rings. The molecule has 0 spiro atoms. The summed E-state index contributed by atoms with van der Waals surface area (Å²) in [4.78, 5) is 38.4. The lowest BCUT2D eigenvalue weighted by Crippen LogP contribution is -2.66. The molecule has 1 aliphatic heterocycles. The molecule has 1 saturated heterocycles. The van der Waals surface area contributed by atoms with Crippen molar-refractivity contribution in [3.8, 4) is 0 Å². The molecule has 0 aliphatic carbocycles. The molecule has 0 saturated carbocycles. The van der Waals surface area contributed by atoms with E-state index in [1.165, 1.54) is 7.11 Å². The summed E-state index contributed by atoms with van der Waals surface area (Å²) in [6.07, 6.45) is -4.52. The molecule has 0 radical (unpaired) electrons. The van der Waals surface area contributed by atoms with Crippen molar-refractivity contribution >= 4 is 17.8 Å². The number of aliphatic hydroxyl groups excluding tert-OH is 1. The second-order valence-electron chi connectivity index (χ2n) is 8.44. The molecule has 3 aromatic carbocycles. The summed E-state index contributed by atoms with van der Waals surface area (Å²) in [6.45, 7) is -0.0866. The van der Waals surface area contributed by atoms with Crippen LogP contribution in [0.1, 0.15) is 31.1 Å². The Labute approximate surface area is 214 Å². The molecular formula is C28H28N2O7. The van der Waals surface area contributed by atoms with Gasteiger partial charge in [0, 0.05) is 24.8 Å². The fourth-order valence-corrected chi connectivity index (χ4v) is 4.14. The summed E-state index contributed by atoms with van der Waals surface area (Å²) in [5.74, 6) is -1.46. The van der Waals surface area contributed by atoms with Gasteiger partial charge in [-0.15, -0.1) is 0 Å². The maximum Gasteiger partial charge on any atom is 0.338 e. The number of esters is 1. The van der Waals surface area contributed by atoms with E-state index in [0.29, 0.717) is 16.7 Å². The molecule has 1 heterocycles. The number of hydrogen-bond acceptors (Lipinski definition) is 7. The van der Waals surface area contributed by atoms with Crippen LogP contribution in [0.2, 0.25) is 0 Å². The second kappa shape index (κ2) is 12.3. The number of rotatable bonds is 8. The number of benzene rings is 3. The third-order valence-electron chi connectivity index (χ3n) is 6.02. The van der Waals surface area contributed by atoms with E-state index in [0.717, 1.165) is 0 Å². The zero-order valence-electron chi connectivity index (χ0n) is 20.2. The van der Waals surface area contributed by atoms with Gasteiger partial charge in [-0.1, -0.05) is 54.6 Å². The van der Waals surface area contributed by atoms with Gasteiger partial charge in [0.15, 0.2) is 12.4 Å². The van der Waals surface area contributed by atoms with Gasteiger partial charge in [0.05, 0.1) is 5.56 Å². The average molecular weight is 505 g/mol. The molecule has 5 atom stereocenters. The van der Waals surface area contributed by atoms with Crippen molar-refractivity contribution in [3.05, 3.63) is 108 Å². The van der Waals surface area contributed by atoms with Gasteiger partial charge in [0.2, 0.25) is 0 Å². The van der Waals surface area contributed by atoms with Gasteiger partial charge in [-0.05, 0) is 36.4 Å². The zero-order chi connectivity index (χ0) is 26.2. The van der Waals surface area contributed by atoms with Crippen molar-refractivity contribution in [2.24, 2.45) is 0 Å². The molecule has 1 aliphatic rings. The van der Waals surface area contributed by atoms with Crippen LogP contribution in [-0.2, 0) is 14.2 Å². The monoisotopic (exact) mass is 504 g/mol. The predicted molar refractivity (Wildman–Crippen MR) is 134 cm³/mol. The molecule has 3 N–H and O–H groups in total. The van der Waals surface area contributed by atoms with E-state index in [4.69, 9.17) is 14.2 Å². The van der Waals surface area contributed by atoms with E-state index in [1.807, 2.05) is 0 Å². The van der Waals surface area contributed by atoms with E-state index < -0.39 is 42.5 Å². The van der Waals surface area contributed by atoms with Gasteiger partial charge in [0.1, 0.15) is 18.2 Å². The van der Waals surface area contributed by atoms with Gasteiger partial charge < -0.3 is 30.0 Å². The van der Waals surface area contributed by atoms with Gasteiger partial charge in [-0.3, -0.25) is 9.59 Å². The number of aliphatic hydroxyl groups is 1. The number of amides is 2. The first-order valence-electron chi connectivity index (χ1n) is 11.8. The summed E-state index contributed by atoms with van der Waals surface area (Å²) in [5, 5.41) is 16.3. The van der Waals surface area contributed by atoms with E-state index >= 15 is 0 Å².